The standard InChI is InChI=1S/C22H13F6NO4/c1-3-9-29-17-12-8-6-5-7-11(12)13(18(30)22(26,27)28)10-14(17)16(21(23,24)25)15(19(29)31)20(32)33-4-2/h1,5-8,10H,4,9H2,2H3. The van der Waals surface area contributed by atoms with Crippen molar-refractivity contribution < 1.29 is 40.7 Å². The van der Waals surface area contributed by atoms with E-state index in [2.05, 4.69) is 10.7 Å². The van der Waals surface area contributed by atoms with Gasteiger partial charge in [0.2, 0.25) is 0 Å². The van der Waals surface area contributed by atoms with Crippen molar-refractivity contribution in [2.75, 3.05) is 6.61 Å². The number of terminal acetylenes is 1. The van der Waals surface area contributed by atoms with E-state index < -0.39 is 63.8 Å². The fourth-order valence-electron chi connectivity index (χ4n) is 3.59. The number of alkyl halides is 6. The van der Waals surface area contributed by atoms with Crippen LogP contribution in [0.4, 0.5) is 26.3 Å². The van der Waals surface area contributed by atoms with Crippen LogP contribution in [0.5, 0.6) is 0 Å². The van der Waals surface area contributed by atoms with Gasteiger partial charge < -0.3 is 4.74 Å². The highest BCUT2D eigenvalue weighted by Gasteiger charge is 2.43. The van der Waals surface area contributed by atoms with E-state index in [1.807, 2.05) is 0 Å². The number of rotatable bonds is 4. The third kappa shape index (κ3) is 4.04. The Morgan fingerprint density at radius 3 is 2.18 bits per heavy atom. The van der Waals surface area contributed by atoms with Crippen molar-refractivity contribution in [3.05, 3.63) is 57.4 Å². The van der Waals surface area contributed by atoms with Gasteiger partial charge in [0.05, 0.1) is 24.2 Å². The first-order valence-corrected chi connectivity index (χ1v) is 9.26. The minimum absolute atomic E-state index is 0.254. The highest BCUT2D eigenvalue weighted by molar-refractivity contribution is 6.19. The molecule has 0 amide bonds. The number of benzene rings is 2. The maximum atomic E-state index is 14.1. The number of hydrogen-bond acceptors (Lipinski definition) is 4. The number of carbonyl (C=O) groups excluding carboxylic acids is 2. The molecule has 33 heavy (non-hydrogen) atoms. The number of fused-ring (bicyclic) bond motifs is 3. The number of nitrogens with zero attached hydrogens (tertiary/aromatic N) is 1. The molecule has 11 heteroatoms. The van der Waals surface area contributed by atoms with Crippen LogP contribution in [0.3, 0.4) is 0 Å². The van der Waals surface area contributed by atoms with Gasteiger partial charge in [0, 0.05) is 16.3 Å². The van der Waals surface area contributed by atoms with E-state index in [1.165, 1.54) is 19.1 Å². The van der Waals surface area contributed by atoms with E-state index in [4.69, 9.17) is 6.42 Å². The van der Waals surface area contributed by atoms with Crippen molar-refractivity contribution in [2.24, 2.45) is 0 Å². The lowest BCUT2D eigenvalue weighted by Gasteiger charge is -2.20. The molecule has 0 aliphatic rings. The Morgan fingerprint density at radius 2 is 1.67 bits per heavy atom. The number of Topliss-reactive ketones (excluding diaryl/α,β-unsaturated/α-hetero) is 1. The molecule has 1 aromatic heterocycles. The second-order valence-electron chi connectivity index (χ2n) is 6.76. The molecule has 172 valence electrons. The van der Waals surface area contributed by atoms with E-state index >= 15 is 0 Å². The number of halogens is 6. The Kier molecular flexibility index (Phi) is 5.98. The fourth-order valence-corrected chi connectivity index (χ4v) is 3.59. The molecule has 2 aromatic carbocycles. The van der Waals surface area contributed by atoms with Crippen LogP contribution in [0.1, 0.15) is 33.2 Å². The lowest BCUT2D eigenvalue weighted by atomic mass is 9.93. The Bertz CT molecular complexity index is 1390. The quantitative estimate of drug-likeness (QED) is 0.182. The predicted octanol–water partition coefficient (Wildman–Crippen LogP) is 4.73. The summed E-state index contributed by atoms with van der Waals surface area (Å²) in [5.74, 6) is -1.93. The number of carbonyl (C=O) groups is 2. The van der Waals surface area contributed by atoms with Crippen LogP contribution < -0.4 is 5.56 Å². The van der Waals surface area contributed by atoms with Crippen LogP contribution in [0, 0.1) is 12.3 Å². The molecule has 0 saturated carbocycles. The predicted molar refractivity (Wildman–Crippen MR) is 106 cm³/mol. The Morgan fingerprint density at radius 1 is 1.06 bits per heavy atom. The zero-order valence-corrected chi connectivity index (χ0v) is 16.7. The summed E-state index contributed by atoms with van der Waals surface area (Å²) >= 11 is 0. The minimum atomic E-state index is -5.40. The third-order valence-corrected chi connectivity index (χ3v) is 4.78. The molecule has 0 saturated heterocycles. The van der Waals surface area contributed by atoms with Crippen LogP contribution >= 0.6 is 0 Å². The fraction of sp³-hybridized carbons (Fsp3) is 0.227. The summed E-state index contributed by atoms with van der Waals surface area (Å²) in [6, 6.07) is 5.22. The van der Waals surface area contributed by atoms with Gasteiger partial charge >= 0.3 is 18.3 Å². The molecule has 0 N–H and O–H groups in total. The van der Waals surface area contributed by atoms with E-state index in [1.54, 1.807) is 0 Å². The molecule has 0 spiro atoms. The van der Waals surface area contributed by atoms with Crippen molar-refractivity contribution >= 4 is 33.4 Å². The highest BCUT2D eigenvalue weighted by atomic mass is 19.4. The number of aromatic nitrogens is 1. The number of esters is 1. The third-order valence-electron chi connectivity index (χ3n) is 4.78. The van der Waals surface area contributed by atoms with Crippen molar-refractivity contribution in [1.82, 2.24) is 4.57 Å². The zero-order valence-electron chi connectivity index (χ0n) is 16.7. The second-order valence-corrected chi connectivity index (χ2v) is 6.76. The summed E-state index contributed by atoms with van der Waals surface area (Å²) in [5, 5.41) is -1.56. The lowest BCUT2D eigenvalue weighted by molar-refractivity contribution is -0.137. The van der Waals surface area contributed by atoms with Crippen LogP contribution in [0.15, 0.2) is 35.1 Å². The zero-order chi connectivity index (χ0) is 24.7. The summed E-state index contributed by atoms with van der Waals surface area (Å²) in [6.45, 7) is 0.314. The summed E-state index contributed by atoms with van der Waals surface area (Å²) in [6.07, 6.45) is -5.50. The van der Waals surface area contributed by atoms with Crippen molar-refractivity contribution in [1.29, 1.82) is 0 Å². The molecule has 0 unspecified atom stereocenters. The molecular weight excluding hydrogens is 456 g/mol. The number of hydrogen-bond donors (Lipinski definition) is 0. The van der Waals surface area contributed by atoms with Crippen LogP contribution in [-0.2, 0) is 17.5 Å². The van der Waals surface area contributed by atoms with E-state index in [0.717, 1.165) is 12.1 Å². The van der Waals surface area contributed by atoms with Gasteiger partial charge in [0.15, 0.2) is 0 Å². The largest absolute Gasteiger partial charge is 0.462 e. The molecule has 3 rings (SSSR count). The van der Waals surface area contributed by atoms with E-state index in [-0.39, 0.29) is 17.4 Å². The minimum Gasteiger partial charge on any atom is -0.462 e. The van der Waals surface area contributed by atoms with Gasteiger partial charge in [-0.3, -0.25) is 14.2 Å². The molecule has 0 bridgehead atoms. The second kappa shape index (κ2) is 8.27. The van der Waals surface area contributed by atoms with Crippen molar-refractivity contribution in [3.8, 4) is 12.3 Å². The summed E-state index contributed by atoms with van der Waals surface area (Å²) in [5.41, 5.74) is -6.21. The lowest BCUT2D eigenvalue weighted by Crippen LogP contribution is -2.32. The van der Waals surface area contributed by atoms with E-state index in [0.29, 0.717) is 10.6 Å². The first-order valence-electron chi connectivity index (χ1n) is 9.26. The van der Waals surface area contributed by atoms with Gasteiger partial charge in [-0.2, -0.15) is 26.3 Å². The molecule has 0 fully saturated rings. The molecule has 1 heterocycles. The summed E-state index contributed by atoms with van der Waals surface area (Å²) in [4.78, 5) is 37.4. The van der Waals surface area contributed by atoms with Gasteiger partial charge in [-0.25, -0.2) is 4.79 Å². The molecule has 0 aliphatic carbocycles. The van der Waals surface area contributed by atoms with Crippen LogP contribution in [-0.4, -0.2) is 29.1 Å². The smallest absolute Gasteiger partial charge is 0.454 e. The highest BCUT2D eigenvalue weighted by Crippen LogP contribution is 2.40. The van der Waals surface area contributed by atoms with Gasteiger partial charge in [-0.05, 0) is 18.4 Å². The normalized spacial score (nSPS) is 12.1. The number of pyridine rings is 1. The van der Waals surface area contributed by atoms with Gasteiger partial charge in [-0.15, -0.1) is 6.42 Å². The summed E-state index contributed by atoms with van der Waals surface area (Å²) < 4.78 is 87.4. The number of ketones is 1. The summed E-state index contributed by atoms with van der Waals surface area (Å²) in [7, 11) is 0. The first-order chi connectivity index (χ1) is 15.3. The Balaban J connectivity index is 2.72. The molecule has 5 nitrogen and oxygen atoms in total. The topological polar surface area (TPSA) is 65.4 Å². The average Bonchev–Trinajstić information content (AvgIpc) is 2.72. The van der Waals surface area contributed by atoms with Crippen LogP contribution in [0.2, 0.25) is 0 Å². The van der Waals surface area contributed by atoms with Crippen molar-refractivity contribution in [2.45, 2.75) is 25.8 Å². The van der Waals surface area contributed by atoms with Crippen molar-refractivity contribution in [3.63, 3.8) is 0 Å². The SMILES string of the molecule is C#CCn1c(=O)c(C(=O)OCC)c(C(F)(F)F)c2cc(C(=O)C(F)(F)F)c3ccccc3c21. The Labute approximate surface area is 181 Å². The monoisotopic (exact) mass is 469 g/mol. The van der Waals surface area contributed by atoms with Crippen LogP contribution in [0.25, 0.3) is 21.7 Å². The molecule has 3 aromatic rings. The van der Waals surface area contributed by atoms with Gasteiger partial charge in [0.1, 0.15) is 5.56 Å². The molecule has 0 aliphatic heterocycles. The molecule has 0 atom stereocenters. The Hall–Kier alpha value is -3.81. The number of ether oxygens (including phenoxy) is 1. The maximum Gasteiger partial charge on any atom is 0.454 e. The van der Waals surface area contributed by atoms with E-state index in [9.17, 15) is 40.7 Å². The molecular formula is C22H13F6NO4. The first kappa shape index (κ1) is 23.8. The molecule has 0 radical (unpaired) electrons. The van der Waals surface area contributed by atoms with Gasteiger partial charge in [0.25, 0.3) is 11.3 Å². The van der Waals surface area contributed by atoms with Gasteiger partial charge in [-0.1, -0.05) is 30.2 Å². The average molecular weight is 469 g/mol. The maximum absolute atomic E-state index is 14.1.